The number of rotatable bonds is 8. The van der Waals surface area contributed by atoms with Crippen molar-refractivity contribution < 1.29 is 14.6 Å². The number of nitrogens with zero attached hydrogens (tertiary/aromatic N) is 1. The lowest BCUT2D eigenvalue weighted by Gasteiger charge is -2.27. The first-order valence-corrected chi connectivity index (χ1v) is 8.13. The Morgan fingerprint density at radius 2 is 2.00 bits per heavy atom. The molecule has 0 radical (unpaired) electrons. The van der Waals surface area contributed by atoms with Gasteiger partial charge in [0.25, 0.3) is 0 Å². The van der Waals surface area contributed by atoms with Gasteiger partial charge in [0.15, 0.2) is 0 Å². The molecule has 4 nitrogen and oxygen atoms in total. The fourth-order valence-corrected chi connectivity index (χ4v) is 2.69. The average molecular weight is 348 g/mol. The maximum Gasteiger partial charge on any atom is 0.220 e. The number of benzene rings is 1. The SMILES string of the molecule is C=CC(O)(CC)c1cc(Cl)nc(OC)c1COCc1ccccc1. The van der Waals surface area contributed by atoms with Crippen molar-refractivity contribution in [3.63, 3.8) is 0 Å². The van der Waals surface area contributed by atoms with Gasteiger partial charge in [0.2, 0.25) is 5.88 Å². The summed E-state index contributed by atoms with van der Waals surface area (Å²) in [5.74, 6) is 0.347. The molecule has 1 N–H and O–H groups in total. The van der Waals surface area contributed by atoms with E-state index in [-0.39, 0.29) is 11.8 Å². The molecule has 0 bridgehead atoms. The highest BCUT2D eigenvalue weighted by molar-refractivity contribution is 6.29. The van der Waals surface area contributed by atoms with Crippen molar-refractivity contribution in [2.75, 3.05) is 7.11 Å². The Balaban J connectivity index is 2.31. The third-order valence-corrected chi connectivity index (χ3v) is 4.14. The molecule has 0 fully saturated rings. The smallest absolute Gasteiger partial charge is 0.220 e. The van der Waals surface area contributed by atoms with Crippen molar-refractivity contribution in [3.05, 3.63) is 70.9 Å². The maximum absolute atomic E-state index is 10.8. The van der Waals surface area contributed by atoms with Gasteiger partial charge in [0, 0.05) is 11.1 Å². The zero-order valence-electron chi connectivity index (χ0n) is 14.0. The fraction of sp³-hybridized carbons (Fsp3) is 0.316. The number of aliphatic hydroxyl groups is 1. The van der Waals surface area contributed by atoms with Crippen LogP contribution in [0.3, 0.4) is 0 Å². The highest BCUT2D eigenvalue weighted by Crippen LogP contribution is 2.35. The highest BCUT2D eigenvalue weighted by atomic mass is 35.5. The molecule has 1 unspecified atom stereocenters. The van der Waals surface area contributed by atoms with Crippen LogP contribution in [0.15, 0.2) is 49.1 Å². The molecule has 2 aromatic rings. The summed E-state index contributed by atoms with van der Waals surface area (Å²) in [5, 5.41) is 11.1. The van der Waals surface area contributed by atoms with Crippen molar-refractivity contribution in [1.29, 1.82) is 0 Å². The van der Waals surface area contributed by atoms with Gasteiger partial charge in [0.05, 0.1) is 20.3 Å². The van der Waals surface area contributed by atoms with Gasteiger partial charge in [-0.1, -0.05) is 61.5 Å². The van der Waals surface area contributed by atoms with Crippen molar-refractivity contribution in [2.45, 2.75) is 32.2 Å². The van der Waals surface area contributed by atoms with Gasteiger partial charge in [-0.05, 0) is 18.1 Å². The lowest BCUT2D eigenvalue weighted by molar-refractivity contribution is 0.0732. The van der Waals surface area contributed by atoms with Crippen LogP contribution in [0, 0.1) is 0 Å². The van der Waals surface area contributed by atoms with Gasteiger partial charge in [0.1, 0.15) is 10.8 Å². The number of methoxy groups -OCH3 is 1. The van der Waals surface area contributed by atoms with E-state index in [1.165, 1.54) is 13.2 Å². The van der Waals surface area contributed by atoms with Gasteiger partial charge >= 0.3 is 0 Å². The molecule has 0 aliphatic carbocycles. The second kappa shape index (κ2) is 8.29. The van der Waals surface area contributed by atoms with Crippen LogP contribution in [0.25, 0.3) is 0 Å². The second-order valence-electron chi connectivity index (χ2n) is 5.44. The van der Waals surface area contributed by atoms with Crippen molar-refractivity contribution >= 4 is 11.6 Å². The Hall–Kier alpha value is -1.88. The van der Waals surface area contributed by atoms with E-state index in [0.717, 1.165) is 5.56 Å². The van der Waals surface area contributed by atoms with Crippen molar-refractivity contribution in [1.82, 2.24) is 4.98 Å². The molecule has 1 aromatic carbocycles. The van der Waals surface area contributed by atoms with Crippen LogP contribution in [-0.4, -0.2) is 17.2 Å². The minimum absolute atomic E-state index is 0.244. The maximum atomic E-state index is 10.8. The van der Waals surface area contributed by atoms with Crippen LogP contribution in [0.5, 0.6) is 5.88 Å². The number of hydrogen-bond acceptors (Lipinski definition) is 4. The molecule has 2 rings (SSSR count). The van der Waals surface area contributed by atoms with Crippen LogP contribution >= 0.6 is 11.6 Å². The Labute approximate surface area is 147 Å². The number of hydrogen-bond donors (Lipinski definition) is 1. The predicted molar refractivity (Wildman–Crippen MR) is 95.1 cm³/mol. The van der Waals surface area contributed by atoms with Gasteiger partial charge in [-0.25, -0.2) is 4.98 Å². The van der Waals surface area contributed by atoms with E-state index in [1.54, 1.807) is 6.07 Å². The molecule has 5 heteroatoms. The molecular formula is C19H22ClNO3. The van der Waals surface area contributed by atoms with Crippen LogP contribution < -0.4 is 4.74 Å². The van der Waals surface area contributed by atoms with E-state index < -0.39 is 5.60 Å². The topological polar surface area (TPSA) is 51.6 Å². The summed E-state index contributed by atoms with van der Waals surface area (Å²) < 4.78 is 11.1. The Kier molecular flexibility index (Phi) is 6.37. The zero-order valence-corrected chi connectivity index (χ0v) is 14.7. The van der Waals surface area contributed by atoms with E-state index >= 15 is 0 Å². The molecule has 0 aliphatic heterocycles. The molecule has 128 valence electrons. The van der Waals surface area contributed by atoms with Crippen molar-refractivity contribution in [2.24, 2.45) is 0 Å². The first-order chi connectivity index (χ1) is 11.5. The van der Waals surface area contributed by atoms with Gasteiger partial charge < -0.3 is 14.6 Å². The summed E-state index contributed by atoms with van der Waals surface area (Å²) in [6.07, 6.45) is 1.95. The summed E-state index contributed by atoms with van der Waals surface area (Å²) in [6.45, 7) is 6.30. The lowest BCUT2D eigenvalue weighted by atomic mass is 9.88. The molecule has 1 aromatic heterocycles. The van der Waals surface area contributed by atoms with E-state index in [4.69, 9.17) is 21.1 Å². The molecule has 24 heavy (non-hydrogen) atoms. The molecule has 0 saturated carbocycles. The van der Waals surface area contributed by atoms with Crippen LogP contribution in [0.4, 0.5) is 0 Å². The summed E-state index contributed by atoms with van der Waals surface area (Å²) in [5.41, 5.74) is 1.12. The molecule has 1 atom stereocenters. The zero-order chi connectivity index (χ0) is 17.6. The summed E-state index contributed by atoms with van der Waals surface area (Å²) in [6, 6.07) is 11.5. The van der Waals surface area contributed by atoms with Gasteiger partial charge in [-0.2, -0.15) is 0 Å². The van der Waals surface area contributed by atoms with E-state index in [9.17, 15) is 5.11 Å². The summed E-state index contributed by atoms with van der Waals surface area (Å²) in [7, 11) is 1.52. The number of pyridine rings is 1. The van der Waals surface area contributed by atoms with E-state index in [1.807, 2.05) is 37.3 Å². The number of halogens is 1. The van der Waals surface area contributed by atoms with E-state index in [2.05, 4.69) is 11.6 Å². The summed E-state index contributed by atoms with van der Waals surface area (Å²) >= 11 is 6.07. The third-order valence-electron chi connectivity index (χ3n) is 3.95. The third kappa shape index (κ3) is 4.15. The van der Waals surface area contributed by atoms with Gasteiger partial charge in [-0.3, -0.25) is 0 Å². The van der Waals surface area contributed by atoms with Crippen molar-refractivity contribution in [3.8, 4) is 5.88 Å². The first kappa shape index (κ1) is 18.5. The second-order valence-corrected chi connectivity index (χ2v) is 5.83. The molecule has 0 saturated heterocycles. The van der Waals surface area contributed by atoms with Crippen LogP contribution in [0.1, 0.15) is 30.0 Å². The fourth-order valence-electron chi connectivity index (χ4n) is 2.50. The monoisotopic (exact) mass is 347 g/mol. The molecule has 0 aliphatic rings. The Morgan fingerprint density at radius 3 is 2.58 bits per heavy atom. The largest absolute Gasteiger partial charge is 0.481 e. The van der Waals surface area contributed by atoms with Crippen LogP contribution in [-0.2, 0) is 23.6 Å². The summed E-state index contributed by atoms with van der Waals surface area (Å²) in [4.78, 5) is 4.18. The quantitative estimate of drug-likeness (QED) is 0.573. The molecular weight excluding hydrogens is 326 g/mol. The Bertz CT molecular complexity index is 691. The predicted octanol–water partition coefficient (Wildman–Crippen LogP) is 4.24. The standard InChI is InChI=1S/C19H22ClNO3/c1-4-19(22,5-2)16-11-17(20)21-18(23-3)15(16)13-24-12-14-9-7-6-8-10-14/h4,6-11,22H,1,5,12-13H2,2-3H3. The first-order valence-electron chi connectivity index (χ1n) is 7.75. The Morgan fingerprint density at radius 1 is 1.29 bits per heavy atom. The minimum atomic E-state index is -1.22. The number of ether oxygens (including phenoxy) is 2. The minimum Gasteiger partial charge on any atom is -0.481 e. The number of aromatic nitrogens is 1. The van der Waals surface area contributed by atoms with Crippen LogP contribution in [0.2, 0.25) is 5.15 Å². The molecule has 0 amide bonds. The van der Waals surface area contributed by atoms with E-state index in [0.29, 0.717) is 30.0 Å². The normalized spacial score (nSPS) is 13.3. The molecule has 0 spiro atoms. The van der Waals surface area contributed by atoms with Gasteiger partial charge in [-0.15, -0.1) is 0 Å². The molecule has 1 heterocycles. The lowest BCUT2D eigenvalue weighted by Crippen LogP contribution is -2.24. The highest BCUT2D eigenvalue weighted by Gasteiger charge is 2.29. The average Bonchev–Trinajstić information content (AvgIpc) is 2.62.